The van der Waals surface area contributed by atoms with Gasteiger partial charge in [0.2, 0.25) is 11.8 Å². The fraction of sp³-hybridized carbons (Fsp3) is 0.611. The van der Waals surface area contributed by atoms with E-state index >= 15 is 0 Å². The van der Waals surface area contributed by atoms with Gasteiger partial charge in [-0.1, -0.05) is 0 Å². The largest absolute Gasteiger partial charge is 0.486 e. The quantitative estimate of drug-likeness (QED) is 0.759. The van der Waals surface area contributed by atoms with E-state index in [1.54, 1.807) is 36.4 Å². The third-order valence-corrected chi connectivity index (χ3v) is 5.12. The summed E-state index contributed by atoms with van der Waals surface area (Å²) in [6.45, 7) is 5.62. The second-order valence-corrected chi connectivity index (χ2v) is 6.91. The number of hydrogen-bond acceptors (Lipinski definition) is 6. The molecule has 1 aromatic heterocycles. The molecule has 2 N–H and O–H groups in total. The third-order valence-electron chi connectivity index (χ3n) is 5.12. The van der Waals surface area contributed by atoms with Gasteiger partial charge in [0.25, 0.3) is 0 Å². The molecule has 8 heteroatoms. The monoisotopic (exact) mass is 362 g/mol. The Kier molecular flexibility index (Phi) is 5.73. The van der Waals surface area contributed by atoms with E-state index in [0.717, 1.165) is 0 Å². The molecule has 2 heterocycles. The van der Waals surface area contributed by atoms with E-state index in [9.17, 15) is 14.7 Å². The number of hydrogen-bond donors (Lipinski definition) is 2. The summed E-state index contributed by atoms with van der Waals surface area (Å²) < 4.78 is 5.92. The Bertz CT molecular complexity index is 633. The van der Waals surface area contributed by atoms with Gasteiger partial charge < -0.3 is 20.1 Å². The zero-order valence-corrected chi connectivity index (χ0v) is 15.2. The molecule has 0 unspecified atom stereocenters. The molecule has 1 aliphatic carbocycles. The van der Waals surface area contributed by atoms with Crippen molar-refractivity contribution in [2.24, 2.45) is 0 Å². The topological polar surface area (TPSA) is 95.0 Å². The van der Waals surface area contributed by atoms with E-state index in [-0.39, 0.29) is 23.9 Å². The van der Waals surface area contributed by atoms with Crippen LogP contribution >= 0.6 is 0 Å². The number of carbonyl (C=O) groups is 2. The summed E-state index contributed by atoms with van der Waals surface area (Å²) in [6.07, 6.45) is 2.63. The van der Waals surface area contributed by atoms with Crippen molar-refractivity contribution in [2.75, 3.05) is 26.2 Å². The summed E-state index contributed by atoms with van der Waals surface area (Å²) in [6, 6.07) is 3.13. The minimum absolute atomic E-state index is 0.0628. The van der Waals surface area contributed by atoms with Crippen LogP contribution in [0.5, 0.6) is 5.75 Å². The van der Waals surface area contributed by atoms with Crippen LogP contribution in [0.25, 0.3) is 0 Å². The van der Waals surface area contributed by atoms with E-state index in [2.05, 4.69) is 15.2 Å². The number of aliphatic hydroxyl groups is 1. The average molecular weight is 362 g/mol. The number of rotatable bonds is 4. The highest BCUT2D eigenvalue weighted by Gasteiger charge is 2.47. The number of aromatic nitrogens is 1. The highest BCUT2D eigenvalue weighted by molar-refractivity contribution is 5.73. The van der Waals surface area contributed by atoms with Gasteiger partial charge in [0, 0.05) is 52.6 Å². The molecule has 26 heavy (non-hydrogen) atoms. The lowest BCUT2D eigenvalue weighted by Crippen LogP contribution is -2.59. The zero-order chi connectivity index (χ0) is 18.7. The molecule has 3 rings (SSSR count). The molecule has 0 aromatic carbocycles. The van der Waals surface area contributed by atoms with Crippen molar-refractivity contribution in [3.8, 4) is 5.75 Å². The predicted octanol–water partition coefficient (Wildman–Crippen LogP) is -0.369. The summed E-state index contributed by atoms with van der Waals surface area (Å²) in [5.41, 5.74) is 0. The Balaban J connectivity index is 1.71. The molecule has 142 valence electrons. The van der Waals surface area contributed by atoms with Crippen LogP contribution in [-0.4, -0.2) is 82.2 Å². The van der Waals surface area contributed by atoms with Crippen molar-refractivity contribution in [1.82, 2.24) is 20.1 Å². The van der Waals surface area contributed by atoms with Gasteiger partial charge in [0.05, 0.1) is 18.3 Å². The summed E-state index contributed by atoms with van der Waals surface area (Å²) in [5.74, 6) is 0.532. The fourth-order valence-corrected chi connectivity index (χ4v) is 3.91. The summed E-state index contributed by atoms with van der Waals surface area (Å²) in [4.78, 5) is 31.1. The van der Waals surface area contributed by atoms with Gasteiger partial charge in [-0.2, -0.15) is 0 Å². The molecule has 2 amide bonds. The standard InChI is InChI=1S/C18H26N4O4/c1-12(23)20-15-10-16(26-14-4-3-5-19-11-14)18(25)17(15)22-8-6-21(7-9-22)13(2)24/h3-5,11,15-18,25H,6-10H2,1-2H3,(H,20,23)/t15-,16-,17+,18+/m1/s1. The van der Waals surface area contributed by atoms with E-state index in [1.165, 1.54) is 6.92 Å². The number of ether oxygens (including phenoxy) is 1. The Morgan fingerprint density at radius 1 is 1.27 bits per heavy atom. The van der Waals surface area contributed by atoms with Gasteiger partial charge in [-0.05, 0) is 12.1 Å². The number of amides is 2. The van der Waals surface area contributed by atoms with Crippen LogP contribution in [0.1, 0.15) is 20.3 Å². The van der Waals surface area contributed by atoms with Crippen molar-refractivity contribution < 1.29 is 19.4 Å². The Labute approximate surface area is 153 Å². The summed E-state index contributed by atoms with van der Waals surface area (Å²) >= 11 is 0. The molecule has 1 aromatic rings. The molecule has 0 radical (unpaired) electrons. The van der Waals surface area contributed by atoms with Crippen LogP contribution in [0.2, 0.25) is 0 Å². The van der Waals surface area contributed by atoms with Crippen LogP contribution in [0.4, 0.5) is 0 Å². The molecular weight excluding hydrogens is 336 g/mol. The number of piperazine rings is 1. The van der Waals surface area contributed by atoms with Gasteiger partial charge in [-0.3, -0.25) is 19.5 Å². The van der Waals surface area contributed by atoms with Crippen molar-refractivity contribution in [3.05, 3.63) is 24.5 Å². The van der Waals surface area contributed by atoms with E-state index < -0.39 is 12.2 Å². The van der Waals surface area contributed by atoms with Crippen LogP contribution in [0, 0.1) is 0 Å². The SMILES string of the molecule is CC(=O)N[C@@H]1C[C@@H](Oc2cccnc2)[C@H](O)[C@H]1N1CCN(C(C)=O)CC1. The molecule has 1 saturated heterocycles. The Hall–Kier alpha value is -2.19. The van der Waals surface area contributed by atoms with Crippen LogP contribution in [0.15, 0.2) is 24.5 Å². The lowest BCUT2D eigenvalue weighted by atomic mass is 10.1. The van der Waals surface area contributed by atoms with Gasteiger partial charge >= 0.3 is 0 Å². The van der Waals surface area contributed by atoms with Gasteiger partial charge in [0.15, 0.2) is 0 Å². The normalized spacial score (nSPS) is 29.4. The highest BCUT2D eigenvalue weighted by Crippen LogP contribution is 2.29. The lowest BCUT2D eigenvalue weighted by Gasteiger charge is -2.40. The number of pyridine rings is 1. The number of nitrogens with one attached hydrogen (secondary N) is 1. The smallest absolute Gasteiger partial charge is 0.219 e. The molecular formula is C18H26N4O4. The zero-order valence-electron chi connectivity index (χ0n) is 15.2. The molecule has 0 spiro atoms. The Morgan fingerprint density at radius 2 is 2.00 bits per heavy atom. The van der Waals surface area contributed by atoms with E-state index in [1.807, 2.05) is 0 Å². The first kappa shape index (κ1) is 18.6. The van der Waals surface area contributed by atoms with Crippen molar-refractivity contribution in [1.29, 1.82) is 0 Å². The maximum atomic E-state index is 11.6. The number of nitrogens with zero attached hydrogens (tertiary/aromatic N) is 3. The minimum atomic E-state index is -0.740. The van der Waals surface area contributed by atoms with Crippen LogP contribution < -0.4 is 10.1 Å². The maximum absolute atomic E-state index is 11.6. The van der Waals surface area contributed by atoms with Gasteiger partial charge in [-0.15, -0.1) is 0 Å². The molecule has 8 nitrogen and oxygen atoms in total. The van der Waals surface area contributed by atoms with Gasteiger partial charge in [-0.25, -0.2) is 0 Å². The minimum Gasteiger partial charge on any atom is -0.486 e. The van der Waals surface area contributed by atoms with Crippen LogP contribution in [0.3, 0.4) is 0 Å². The first-order valence-electron chi connectivity index (χ1n) is 8.97. The molecule has 2 aliphatic rings. The maximum Gasteiger partial charge on any atom is 0.219 e. The third kappa shape index (κ3) is 4.13. The molecule has 2 fully saturated rings. The fourth-order valence-electron chi connectivity index (χ4n) is 3.91. The second-order valence-electron chi connectivity index (χ2n) is 6.91. The lowest BCUT2D eigenvalue weighted by molar-refractivity contribution is -0.131. The van der Waals surface area contributed by atoms with Gasteiger partial charge in [0.1, 0.15) is 18.0 Å². The molecule has 4 atom stereocenters. The van der Waals surface area contributed by atoms with Crippen molar-refractivity contribution in [3.63, 3.8) is 0 Å². The molecule has 1 aliphatic heterocycles. The first-order chi connectivity index (χ1) is 12.5. The number of carbonyl (C=O) groups excluding carboxylic acids is 2. The predicted molar refractivity (Wildman–Crippen MR) is 94.5 cm³/mol. The molecule has 1 saturated carbocycles. The highest BCUT2D eigenvalue weighted by atomic mass is 16.5. The average Bonchev–Trinajstić information content (AvgIpc) is 2.90. The second kappa shape index (κ2) is 8.01. The van der Waals surface area contributed by atoms with Crippen LogP contribution in [-0.2, 0) is 9.59 Å². The van der Waals surface area contributed by atoms with E-state index in [4.69, 9.17) is 4.74 Å². The van der Waals surface area contributed by atoms with E-state index in [0.29, 0.717) is 38.3 Å². The first-order valence-corrected chi connectivity index (χ1v) is 8.97. The summed E-state index contributed by atoms with van der Waals surface area (Å²) in [7, 11) is 0. The molecule has 0 bridgehead atoms. The van der Waals surface area contributed by atoms with Crippen molar-refractivity contribution in [2.45, 2.75) is 44.6 Å². The summed E-state index contributed by atoms with van der Waals surface area (Å²) in [5, 5.41) is 13.9. The van der Waals surface area contributed by atoms with Crippen molar-refractivity contribution >= 4 is 11.8 Å². The number of aliphatic hydroxyl groups excluding tert-OH is 1. The Morgan fingerprint density at radius 3 is 2.58 bits per heavy atom.